The molecule has 0 aliphatic carbocycles. The highest BCUT2D eigenvalue weighted by Crippen LogP contribution is 2.27. The fourth-order valence-electron chi connectivity index (χ4n) is 13.7. The zero-order valence-corrected chi connectivity index (χ0v) is 89.9. The summed E-state index contributed by atoms with van der Waals surface area (Å²) in [5.74, 6) is 10.1. The van der Waals surface area contributed by atoms with Crippen LogP contribution in [0.2, 0.25) is 0 Å². The zero-order valence-electron chi connectivity index (χ0n) is 87.5. The van der Waals surface area contributed by atoms with Crippen molar-refractivity contribution in [3.63, 3.8) is 0 Å². The first-order chi connectivity index (χ1) is 70.5. The van der Waals surface area contributed by atoms with Crippen molar-refractivity contribution in [1.82, 2.24) is 58.4 Å². The summed E-state index contributed by atoms with van der Waals surface area (Å²) in [5, 5.41) is 23.9. The van der Waals surface area contributed by atoms with Gasteiger partial charge >= 0.3 is 12.2 Å². The number of nitrogens with two attached hydrogens (primary N) is 2. The number of H-pyrrole nitrogens is 1. The molecule has 12 aromatic heterocycles. The number of hydrogen-bond donors (Lipinski definition) is 6. The second-order valence-electron chi connectivity index (χ2n) is 34.5. The van der Waals surface area contributed by atoms with Gasteiger partial charge in [-0.2, -0.15) is 46.8 Å². The molecule has 0 fully saturated rings. The second kappa shape index (κ2) is 64.5. The predicted octanol–water partition coefficient (Wildman–Crippen LogP) is 19.4. The van der Waals surface area contributed by atoms with Crippen molar-refractivity contribution in [2.24, 2.45) is 5.73 Å². The fourth-order valence-corrected chi connectivity index (χ4v) is 15.6. The topological polar surface area (TPSA) is 469 Å². The number of rotatable bonds is 32. The maximum absolute atomic E-state index is 13.1. The normalized spacial score (nSPS) is 11.1. The smallest absolute Gasteiger partial charge is 0.407 e. The third-order valence-electron chi connectivity index (χ3n) is 21.3. The summed E-state index contributed by atoms with van der Waals surface area (Å²) in [6, 6.07) is 49.3. The van der Waals surface area contributed by atoms with E-state index in [1.54, 1.807) is 177 Å². The molecule has 800 valence electrons. The lowest BCUT2D eigenvalue weighted by atomic mass is 10.1. The molecule has 0 aliphatic rings. The van der Waals surface area contributed by atoms with Gasteiger partial charge in [0.1, 0.15) is 63.4 Å². The van der Waals surface area contributed by atoms with E-state index in [-0.39, 0.29) is 52.6 Å². The number of halogens is 2. The number of nitrogens with one attached hydrogen (secondary N) is 2. The highest BCUT2D eigenvalue weighted by molar-refractivity contribution is 7.86. The summed E-state index contributed by atoms with van der Waals surface area (Å²) in [4.78, 5) is 42.6. The number of methoxy groups -OCH3 is 4. The highest BCUT2D eigenvalue weighted by Gasteiger charge is 2.19. The van der Waals surface area contributed by atoms with Gasteiger partial charge in [-0.05, 0) is 222 Å². The Balaban J connectivity index is 0.000000293. The number of ether oxygens (including phenoxy) is 7. The van der Waals surface area contributed by atoms with E-state index in [0.29, 0.717) is 46.4 Å². The van der Waals surface area contributed by atoms with Crippen LogP contribution in [0.5, 0.6) is 34.5 Å². The molecule has 0 atom stereocenters. The molecule has 40 heteroatoms. The van der Waals surface area contributed by atoms with E-state index in [0.717, 1.165) is 143 Å². The van der Waals surface area contributed by atoms with E-state index < -0.39 is 42.0 Å². The number of aryl methyl sites for hydroxylation is 11. The highest BCUT2D eigenvalue weighted by atomic mass is 32.2. The Kier molecular flexibility index (Phi) is 54.0. The molecule has 12 heterocycles. The quantitative estimate of drug-likeness (QED) is 0.0130. The SMILES string of the molecule is CCCCc1cc2cc(=O)ccn2[nH]1.CCCCc1cc2cc(OC)ccn2n1.CCCCc1cc2cc(OC/C(=C/F)CN)ccn2n1.CCCCc1cc2cc(OC/C(=C/F)CNC(=O)OC(C)(C)C)ccn2n1.CCCCc1nn2ccc(OC)cc2c1CC.COc1cc[n+](N)cc1.COc1ccncc1.Cc1cc(C)c(S(=O)(=O)[O-])c(C)c1.Cc1ccc(S(=O)(=O)O)cc1.Cc1ccc(S(=O)(=O)O)cc1.O=C=O. The Bertz CT molecular complexity index is 6990. The Labute approximate surface area is 865 Å². The van der Waals surface area contributed by atoms with Gasteiger partial charge < -0.3 is 48.8 Å². The molecule has 15 rings (SSSR count). The van der Waals surface area contributed by atoms with Crippen LogP contribution < -0.4 is 55.4 Å². The molecule has 35 nitrogen and oxygen atoms in total. The van der Waals surface area contributed by atoms with Crippen LogP contribution in [-0.2, 0) is 83.2 Å². The maximum Gasteiger partial charge on any atom is 0.407 e. The Morgan fingerprint density at radius 2 is 0.905 bits per heavy atom. The maximum atomic E-state index is 13.1. The van der Waals surface area contributed by atoms with Gasteiger partial charge in [0.15, 0.2) is 5.43 Å². The average Bonchev–Trinajstić information content (AvgIpc) is 1.70. The van der Waals surface area contributed by atoms with Gasteiger partial charge in [0.05, 0.1) is 106 Å². The van der Waals surface area contributed by atoms with Gasteiger partial charge in [0.2, 0.25) is 12.4 Å². The molecule has 1 amide bonds. The number of fused-ring (bicyclic) bond motifs is 5. The Morgan fingerprint density at radius 1 is 0.500 bits per heavy atom. The van der Waals surface area contributed by atoms with E-state index >= 15 is 0 Å². The minimum Gasteiger partial charge on any atom is -0.744 e. The third-order valence-corrected chi connectivity index (χ3v) is 24.1. The van der Waals surface area contributed by atoms with Crippen molar-refractivity contribution >= 4 is 70.2 Å². The molecule has 0 radical (unpaired) electrons. The molecular weight excluding hydrogens is 1960 g/mol. The Morgan fingerprint density at radius 3 is 1.30 bits per heavy atom. The molecule has 0 spiro atoms. The summed E-state index contributed by atoms with van der Waals surface area (Å²) in [6.07, 6.45) is 34.6. The summed E-state index contributed by atoms with van der Waals surface area (Å²) in [5.41, 5.74) is 21.7. The molecule has 15 aromatic rings. The molecule has 0 aliphatic heterocycles. The van der Waals surface area contributed by atoms with Crippen LogP contribution in [0.4, 0.5) is 13.6 Å². The summed E-state index contributed by atoms with van der Waals surface area (Å²) < 4.78 is 164. The van der Waals surface area contributed by atoms with Crippen molar-refractivity contribution in [3.8, 4) is 34.5 Å². The summed E-state index contributed by atoms with van der Waals surface area (Å²) in [6.45, 7) is 27.5. The number of carbonyl (C=O) groups is 1. The first-order valence-electron chi connectivity index (χ1n) is 48.1. The van der Waals surface area contributed by atoms with E-state index in [2.05, 4.69) is 95.5 Å². The van der Waals surface area contributed by atoms with Crippen LogP contribution in [0, 0.1) is 34.6 Å². The largest absolute Gasteiger partial charge is 0.744 e. The lowest BCUT2D eigenvalue weighted by Crippen LogP contribution is -2.43. The number of carbonyl (C=O) groups excluding carboxylic acids is 3. The lowest BCUT2D eigenvalue weighted by Gasteiger charge is -2.20. The van der Waals surface area contributed by atoms with Crippen LogP contribution in [0.15, 0.2) is 269 Å². The number of aromatic amines is 1. The number of unbranched alkanes of at least 4 members (excludes halogenated alkanes) is 5. The summed E-state index contributed by atoms with van der Waals surface area (Å²) >= 11 is 0. The molecule has 0 saturated heterocycles. The van der Waals surface area contributed by atoms with Crippen LogP contribution in [-0.4, -0.2) is 165 Å². The minimum atomic E-state index is -4.33. The molecule has 0 unspecified atom stereocenters. The van der Waals surface area contributed by atoms with Gasteiger partial charge in [-0.25, -0.2) is 45.9 Å². The fraction of sp³-hybridized carbons (Fsp3) is 0.361. The monoisotopic (exact) mass is 2100 g/mol. The predicted molar refractivity (Wildman–Crippen MR) is 567 cm³/mol. The average molecular weight is 2100 g/mol. The van der Waals surface area contributed by atoms with Crippen molar-refractivity contribution in [2.75, 3.05) is 60.6 Å². The van der Waals surface area contributed by atoms with Crippen LogP contribution in [0.1, 0.15) is 188 Å². The standard InChI is InChI=1S/C20H28FN3O3.C15H20FN3O.C14H20N2O.C12H16N2O.C11H14N2O.C9H12O3S.2C7H8O3S.C6H9N2O.C6H7NO.CO2/c1-5-6-7-16-10-17-11-18(8-9-24(17)23-16)26-14-15(12-21)13-22-19(25)27-20(2,3)4;1-2-3-4-13-7-14-8-15(5-6-19(14)18-13)20-11-12(9-16)10-17;1-4-6-7-13-12(5-2)14-10-11(17-3)8-9-16(14)15-13;1-3-4-5-10-8-11-9-12(15-2)6-7-14(11)13-10;1-2-3-4-9-7-10-8-11(14)5-6-13(10)12-9;1-6-4-7(2)9(8(3)5-6)13(10,11)12;2*1-6-2-4-7(5-3-6)11(8,9)10;1-9-6-2-4-8(7)5-3-6;1-8-6-2-4-7-5-3-6;2-1-3/h8-12H,5-7,13-14H2,1-4H3,(H,22,25);5-9H,2-4,10-11,17H2,1H3;8-10H,4-7H2,1-3H3;6-9H,3-5H2,1-2H3;5-8,12H,2-4H2,1H3;4-5H,1-3H3,(H,10,11,12);2*2-5H,1H3,(H,8,9,10);2-5H,7H2,1H3;2-5H,1H3;/q;;;;;;;;+1;;/p-1/b15-12+;12-9+;;;;;;;;;. The first-order valence-corrected chi connectivity index (χ1v) is 52.4. The lowest BCUT2D eigenvalue weighted by molar-refractivity contribution is -0.639. The second-order valence-corrected chi connectivity index (χ2v) is 38.7. The molecule has 8 N–H and O–H groups in total. The number of aromatic nitrogens is 12. The van der Waals surface area contributed by atoms with Gasteiger partial charge in [-0.15, -0.1) is 0 Å². The number of nitrogens with zero attached hydrogens (tertiary/aromatic N) is 11. The van der Waals surface area contributed by atoms with E-state index in [1.165, 1.54) is 89.9 Å². The van der Waals surface area contributed by atoms with Crippen molar-refractivity contribution in [3.05, 3.63) is 322 Å². The number of nitrogen functional groups attached to an aromatic ring is 1. The third kappa shape index (κ3) is 45.2. The molecule has 148 heavy (non-hydrogen) atoms. The number of benzene rings is 3. The molecule has 0 bridgehead atoms. The van der Waals surface area contributed by atoms with Gasteiger partial charge in [0, 0.05) is 127 Å². The minimum absolute atomic E-state index is 0.0154. The zero-order chi connectivity index (χ0) is 110. The van der Waals surface area contributed by atoms with Gasteiger partial charge in [-0.3, -0.25) is 28.5 Å². The van der Waals surface area contributed by atoms with Crippen LogP contribution >= 0.6 is 0 Å². The summed E-state index contributed by atoms with van der Waals surface area (Å²) in [7, 11) is -5.73. The number of pyridine rings is 7. The van der Waals surface area contributed by atoms with Gasteiger partial charge in [0.25, 0.3) is 20.2 Å². The van der Waals surface area contributed by atoms with Crippen molar-refractivity contribution in [1.29, 1.82) is 0 Å². The van der Waals surface area contributed by atoms with E-state index in [4.69, 9.17) is 63.4 Å². The van der Waals surface area contributed by atoms with E-state index in [1.807, 2.05) is 112 Å². The number of amides is 1. The van der Waals surface area contributed by atoms with Crippen molar-refractivity contribution in [2.45, 2.75) is 220 Å². The number of hydrogen-bond acceptors (Lipinski definition) is 25. The Hall–Kier alpha value is -14.5. The first kappa shape index (κ1) is 124. The molecule has 3 aromatic carbocycles. The van der Waals surface area contributed by atoms with Crippen LogP contribution in [0.3, 0.4) is 0 Å². The molecule has 0 saturated carbocycles. The molecular formula is C108H141F2N15O20S3. The van der Waals surface area contributed by atoms with Crippen molar-refractivity contribution < 1.29 is 99.9 Å². The van der Waals surface area contributed by atoms with Gasteiger partial charge in [-0.1, -0.05) is 131 Å². The number of alkyl carbamates (subject to hydrolysis) is 1. The van der Waals surface area contributed by atoms with Crippen LogP contribution in [0.25, 0.3) is 27.6 Å². The van der Waals surface area contributed by atoms with E-state index in [9.17, 15) is 48.2 Å².